The number of nitrogens with one attached hydrogen (secondary N) is 3. The first kappa shape index (κ1) is 28.7. The third-order valence-corrected chi connectivity index (χ3v) is 7.39. The van der Waals surface area contributed by atoms with E-state index in [0.29, 0.717) is 17.2 Å². The van der Waals surface area contributed by atoms with E-state index >= 15 is 0 Å². The second kappa shape index (κ2) is 13.2. The summed E-state index contributed by atoms with van der Waals surface area (Å²) >= 11 is 0. The van der Waals surface area contributed by atoms with Crippen molar-refractivity contribution >= 4 is 22.6 Å². The molecule has 0 bridgehead atoms. The van der Waals surface area contributed by atoms with Gasteiger partial charge in [-0.3, -0.25) is 0 Å². The summed E-state index contributed by atoms with van der Waals surface area (Å²) in [6.45, 7) is 2.50. The summed E-state index contributed by atoms with van der Waals surface area (Å²) in [4.78, 5) is 12.4. The molecule has 3 aromatic rings. The minimum Gasteiger partial charge on any atom is -0.435 e. The van der Waals surface area contributed by atoms with E-state index in [2.05, 4.69) is 30.3 Å². The van der Waals surface area contributed by atoms with Crippen LogP contribution in [0.4, 0.5) is 29.2 Å². The molecule has 1 aliphatic carbocycles. The first-order valence-corrected chi connectivity index (χ1v) is 13.9. The molecule has 2 fully saturated rings. The molecule has 210 valence electrons. The molecule has 1 aliphatic heterocycles. The molecule has 0 amide bonds. The monoisotopic (exact) mass is 566 g/mol. The molecule has 1 saturated heterocycles. The molecular formula is C26H30F4N6O2S. The molecule has 2 aliphatic rings. The second-order valence-electron chi connectivity index (χ2n) is 9.27. The van der Waals surface area contributed by atoms with Crippen LogP contribution in [0.5, 0.6) is 11.6 Å². The smallest absolute Gasteiger partial charge is 0.248 e. The van der Waals surface area contributed by atoms with Crippen LogP contribution in [-0.4, -0.2) is 51.0 Å². The van der Waals surface area contributed by atoms with E-state index in [0.717, 1.165) is 12.1 Å². The maximum absolute atomic E-state index is 14.7. The van der Waals surface area contributed by atoms with E-state index in [1.165, 1.54) is 44.7 Å². The van der Waals surface area contributed by atoms with E-state index in [9.17, 15) is 21.8 Å². The number of aromatic nitrogens is 3. The maximum Gasteiger partial charge on any atom is 0.248 e. The van der Waals surface area contributed by atoms with Crippen molar-refractivity contribution < 1.29 is 26.5 Å². The standard InChI is InChI=1S/C21H19F4N5O2S.C5H11N/c1-26-20-28-8-6-14(29-20)13-3-2-7-27-19(13)32-16-5-4-15(17(22)18(16)23)30-33(31)11-12-9-21(24,25)10-12;1-2-4-6-5-3-1/h2-8,12,30H,9-11H2,1H3,(H,26,28,29);6H,1-5H2. The van der Waals surface area contributed by atoms with Crippen molar-refractivity contribution in [1.82, 2.24) is 20.3 Å². The highest BCUT2D eigenvalue weighted by Gasteiger charge is 2.45. The molecule has 3 heterocycles. The summed E-state index contributed by atoms with van der Waals surface area (Å²) in [7, 11) is -0.186. The SMILES string of the molecule is C1CCNCC1.CNc1nccc(-c2cccnc2Oc2ccc(NS(=O)CC3CC(F)(F)C3)c(F)c2F)n1. The molecule has 1 saturated carbocycles. The zero-order valence-electron chi connectivity index (χ0n) is 21.4. The zero-order chi connectivity index (χ0) is 27.8. The highest BCUT2D eigenvalue weighted by atomic mass is 32.2. The molecule has 3 N–H and O–H groups in total. The van der Waals surface area contributed by atoms with Crippen LogP contribution in [-0.2, 0) is 11.0 Å². The average Bonchev–Trinajstić information content (AvgIpc) is 2.93. The maximum atomic E-state index is 14.7. The molecule has 1 atom stereocenters. The first-order valence-electron chi connectivity index (χ1n) is 12.6. The molecule has 1 aromatic carbocycles. The number of ether oxygens (including phenoxy) is 1. The predicted molar refractivity (Wildman–Crippen MR) is 142 cm³/mol. The lowest BCUT2D eigenvalue weighted by atomic mass is 9.83. The van der Waals surface area contributed by atoms with E-state index in [-0.39, 0.29) is 30.2 Å². The minimum atomic E-state index is -2.74. The van der Waals surface area contributed by atoms with E-state index < -0.39 is 40.2 Å². The van der Waals surface area contributed by atoms with Crippen molar-refractivity contribution in [2.45, 2.75) is 38.0 Å². The number of benzene rings is 1. The quantitative estimate of drug-likeness (QED) is 0.308. The Labute approximate surface area is 226 Å². The second-order valence-corrected chi connectivity index (χ2v) is 10.5. The van der Waals surface area contributed by atoms with Crippen molar-refractivity contribution in [2.24, 2.45) is 5.92 Å². The van der Waals surface area contributed by atoms with E-state index in [1.807, 2.05) is 0 Å². The summed E-state index contributed by atoms with van der Waals surface area (Å²) < 4.78 is 75.1. The fourth-order valence-electron chi connectivity index (χ4n) is 4.17. The molecule has 5 rings (SSSR count). The lowest BCUT2D eigenvalue weighted by Gasteiger charge is -2.34. The Morgan fingerprint density at radius 3 is 2.46 bits per heavy atom. The topological polar surface area (TPSA) is 101 Å². The summed E-state index contributed by atoms with van der Waals surface area (Å²) in [6, 6.07) is 7.23. The van der Waals surface area contributed by atoms with Crippen LogP contribution in [0.3, 0.4) is 0 Å². The van der Waals surface area contributed by atoms with Gasteiger partial charge >= 0.3 is 0 Å². The molecule has 0 radical (unpaired) electrons. The van der Waals surface area contributed by atoms with Crippen LogP contribution in [0.25, 0.3) is 11.3 Å². The van der Waals surface area contributed by atoms with Crippen molar-refractivity contribution in [3.05, 3.63) is 54.4 Å². The van der Waals surface area contributed by atoms with Crippen LogP contribution < -0.4 is 20.1 Å². The number of piperidine rings is 1. The normalized spacial score (nSPS) is 17.3. The number of halogens is 4. The van der Waals surface area contributed by atoms with Gasteiger partial charge in [-0.25, -0.2) is 32.3 Å². The summed E-state index contributed by atoms with van der Waals surface area (Å²) in [5.74, 6) is -5.98. The lowest BCUT2D eigenvalue weighted by Crippen LogP contribution is -2.38. The van der Waals surface area contributed by atoms with Crippen LogP contribution in [0.15, 0.2) is 42.7 Å². The molecule has 39 heavy (non-hydrogen) atoms. The largest absolute Gasteiger partial charge is 0.435 e. The number of anilines is 2. The van der Waals surface area contributed by atoms with Crippen LogP contribution in [0, 0.1) is 17.6 Å². The number of rotatable bonds is 8. The van der Waals surface area contributed by atoms with Gasteiger partial charge in [0, 0.05) is 38.0 Å². The molecule has 2 aromatic heterocycles. The molecular weight excluding hydrogens is 536 g/mol. The molecule has 13 heteroatoms. The lowest BCUT2D eigenvalue weighted by molar-refractivity contribution is -0.103. The van der Waals surface area contributed by atoms with Crippen LogP contribution in [0.1, 0.15) is 32.1 Å². The number of nitrogens with zero attached hydrogens (tertiary/aromatic N) is 3. The Morgan fingerprint density at radius 1 is 1.05 bits per heavy atom. The number of pyridine rings is 1. The van der Waals surface area contributed by atoms with Gasteiger partial charge in [-0.1, -0.05) is 6.42 Å². The van der Waals surface area contributed by atoms with E-state index in [4.69, 9.17) is 4.74 Å². The minimum absolute atomic E-state index is 0.00764. The number of hydrogen-bond donors (Lipinski definition) is 3. The first-order chi connectivity index (χ1) is 18.8. The van der Waals surface area contributed by atoms with Crippen LogP contribution in [0.2, 0.25) is 0 Å². The van der Waals surface area contributed by atoms with Gasteiger partial charge < -0.3 is 20.1 Å². The van der Waals surface area contributed by atoms with Crippen molar-refractivity contribution in [3.8, 4) is 22.9 Å². The number of hydrogen-bond acceptors (Lipinski definition) is 7. The van der Waals surface area contributed by atoms with Crippen LogP contribution >= 0.6 is 0 Å². The van der Waals surface area contributed by atoms with Gasteiger partial charge in [0.1, 0.15) is 11.0 Å². The molecule has 8 nitrogen and oxygen atoms in total. The highest BCUT2D eigenvalue weighted by Crippen LogP contribution is 2.42. The Hall–Kier alpha value is -3.32. The predicted octanol–water partition coefficient (Wildman–Crippen LogP) is 5.53. The van der Waals surface area contributed by atoms with Gasteiger partial charge in [0.05, 0.1) is 16.9 Å². The fourth-order valence-corrected chi connectivity index (χ4v) is 5.32. The third-order valence-electron chi connectivity index (χ3n) is 6.17. The fraction of sp³-hybridized carbons (Fsp3) is 0.423. The van der Waals surface area contributed by atoms with Gasteiger partial charge in [-0.2, -0.15) is 4.39 Å². The van der Waals surface area contributed by atoms with E-state index in [1.54, 1.807) is 25.2 Å². The Bertz CT molecular complexity index is 1280. The number of alkyl halides is 2. The zero-order valence-corrected chi connectivity index (χ0v) is 22.2. The molecule has 1 unspecified atom stereocenters. The highest BCUT2D eigenvalue weighted by molar-refractivity contribution is 7.86. The average molecular weight is 567 g/mol. The summed E-state index contributed by atoms with van der Waals surface area (Å²) in [5.41, 5.74) is 0.519. The third kappa shape index (κ3) is 7.85. The van der Waals surface area contributed by atoms with Crippen molar-refractivity contribution in [1.29, 1.82) is 0 Å². The van der Waals surface area contributed by atoms with Gasteiger partial charge in [0.15, 0.2) is 11.6 Å². The van der Waals surface area contributed by atoms with Gasteiger partial charge in [-0.15, -0.1) is 0 Å². The van der Waals surface area contributed by atoms with Crippen molar-refractivity contribution in [2.75, 3.05) is 35.9 Å². The van der Waals surface area contributed by atoms with Gasteiger partial charge in [0.2, 0.25) is 23.6 Å². The summed E-state index contributed by atoms with van der Waals surface area (Å²) in [6.07, 6.45) is 6.44. The summed E-state index contributed by atoms with van der Waals surface area (Å²) in [5, 5.41) is 6.09. The molecule has 0 spiro atoms. The van der Waals surface area contributed by atoms with Crippen molar-refractivity contribution in [3.63, 3.8) is 0 Å². The Balaban J connectivity index is 0.000000519. The Morgan fingerprint density at radius 2 is 1.82 bits per heavy atom. The Kier molecular flexibility index (Phi) is 9.68. The van der Waals surface area contributed by atoms with Gasteiger partial charge in [-0.05, 0) is 62.2 Å². The van der Waals surface area contributed by atoms with Gasteiger partial charge in [0.25, 0.3) is 0 Å².